The molecule has 1 aliphatic heterocycles. The van der Waals surface area contributed by atoms with Gasteiger partial charge in [-0.15, -0.1) is 0 Å². The van der Waals surface area contributed by atoms with Gasteiger partial charge in [-0.25, -0.2) is 4.98 Å². The van der Waals surface area contributed by atoms with Crippen LogP contribution in [-0.2, 0) is 6.54 Å². The molecule has 1 aliphatic rings. The molecule has 2 heterocycles. The predicted octanol–water partition coefficient (Wildman–Crippen LogP) is 2.26. The van der Waals surface area contributed by atoms with E-state index in [2.05, 4.69) is 22.2 Å². The summed E-state index contributed by atoms with van der Waals surface area (Å²) in [5, 5.41) is 3.41. The Labute approximate surface area is 113 Å². The average Bonchev–Trinajstić information content (AvgIpc) is 2.81. The topological polar surface area (TPSA) is 41.3 Å². The van der Waals surface area contributed by atoms with Crippen molar-refractivity contribution < 1.29 is 4.42 Å². The third kappa shape index (κ3) is 3.14. The Morgan fingerprint density at radius 1 is 1.32 bits per heavy atom. The Morgan fingerprint density at radius 2 is 2.11 bits per heavy atom. The van der Waals surface area contributed by atoms with Crippen molar-refractivity contribution in [2.45, 2.75) is 19.4 Å². The summed E-state index contributed by atoms with van der Waals surface area (Å²) in [4.78, 5) is 6.85. The second-order valence-electron chi connectivity index (χ2n) is 5.47. The molecule has 4 heteroatoms. The number of hydrogen-bond acceptors (Lipinski definition) is 4. The maximum Gasteiger partial charge on any atom is 0.209 e. The molecule has 3 rings (SSSR count). The van der Waals surface area contributed by atoms with Crippen molar-refractivity contribution in [3.63, 3.8) is 0 Å². The molecule has 0 unspecified atom stereocenters. The smallest absolute Gasteiger partial charge is 0.209 e. The zero-order chi connectivity index (χ0) is 13.1. The maximum atomic E-state index is 5.76. The highest BCUT2D eigenvalue weighted by molar-refractivity contribution is 5.72. The van der Waals surface area contributed by atoms with E-state index in [1.54, 1.807) is 0 Å². The molecule has 1 fully saturated rings. The van der Waals surface area contributed by atoms with Gasteiger partial charge in [-0.3, -0.25) is 4.90 Å². The number of piperidine rings is 1. The number of fused-ring (bicyclic) bond motifs is 1. The van der Waals surface area contributed by atoms with E-state index in [4.69, 9.17) is 4.42 Å². The molecule has 19 heavy (non-hydrogen) atoms. The van der Waals surface area contributed by atoms with Crippen molar-refractivity contribution in [2.24, 2.45) is 5.92 Å². The molecule has 2 aromatic rings. The Hall–Kier alpha value is -1.39. The summed E-state index contributed by atoms with van der Waals surface area (Å²) in [6.45, 7) is 4.22. The first kappa shape index (κ1) is 12.6. The SMILES string of the molecule is CN(Cc1nc2ccccc2o1)CC1CCNCC1. The van der Waals surface area contributed by atoms with E-state index >= 15 is 0 Å². The zero-order valence-corrected chi connectivity index (χ0v) is 11.4. The van der Waals surface area contributed by atoms with Crippen LogP contribution in [0.15, 0.2) is 28.7 Å². The van der Waals surface area contributed by atoms with Crippen LogP contribution in [0.3, 0.4) is 0 Å². The molecular weight excluding hydrogens is 238 g/mol. The van der Waals surface area contributed by atoms with Crippen molar-refractivity contribution in [1.82, 2.24) is 15.2 Å². The minimum atomic E-state index is 0.790. The number of para-hydroxylation sites is 2. The van der Waals surface area contributed by atoms with E-state index < -0.39 is 0 Å². The van der Waals surface area contributed by atoms with E-state index in [-0.39, 0.29) is 0 Å². The third-order valence-corrected chi connectivity index (χ3v) is 3.77. The van der Waals surface area contributed by atoms with Crippen LogP contribution < -0.4 is 5.32 Å². The fourth-order valence-electron chi connectivity index (χ4n) is 2.79. The summed E-state index contributed by atoms with van der Waals surface area (Å²) in [6, 6.07) is 7.94. The van der Waals surface area contributed by atoms with Crippen LogP contribution in [0, 0.1) is 5.92 Å². The molecule has 0 amide bonds. The first-order valence-corrected chi connectivity index (χ1v) is 7.05. The van der Waals surface area contributed by atoms with Crippen LogP contribution in [0.4, 0.5) is 0 Å². The van der Waals surface area contributed by atoms with Crippen LogP contribution in [0.1, 0.15) is 18.7 Å². The summed E-state index contributed by atoms with van der Waals surface area (Å²) >= 11 is 0. The second kappa shape index (κ2) is 5.72. The lowest BCUT2D eigenvalue weighted by atomic mass is 9.98. The molecule has 1 aromatic heterocycles. The fraction of sp³-hybridized carbons (Fsp3) is 0.533. The maximum absolute atomic E-state index is 5.76. The van der Waals surface area contributed by atoms with Gasteiger partial charge in [0, 0.05) is 6.54 Å². The van der Waals surface area contributed by atoms with Crippen molar-refractivity contribution in [3.8, 4) is 0 Å². The van der Waals surface area contributed by atoms with Crippen molar-refractivity contribution in [2.75, 3.05) is 26.7 Å². The van der Waals surface area contributed by atoms with Crippen molar-refractivity contribution in [1.29, 1.82) is 0 Å². The van der Waals surface area contributed by atoms with Crippen molar-refractivity contribution >= 4 is 11.1 Å². The summed E-state index contributed by atoms with van der Waals surface area (Å²) in [5.74, 6) is 1.62. The summed E-state index contributed by atoms with van der Waals surface area (Å²) < 4.78 is 5.76. The number of oxazole rings is 1. The van der Waals surface area contributed by atoms with E-state index in [0.29, 0.717) is 0 Å². The lowest BCUT2D eigenvalue weighted by Crippen LogP contribution is -2.34. The molecule has 4 nitrogen and oxygen atoms in total. The Balaban J connectivity index is 1.60. The van der Waals surface area contributed by atoms with E-state index in [9.17, 15) is 0 Å². The number of benzene rings is 1. The van der Waals surface area contributed by atoms with E-state index in [1.165, 1.54) is 12.8 Å². The Kier molecular flexibility index (Phi) is 3.80. The van der Waals surface area contributed by atoms with Gasteiger partial charge in [-0.1, -0.05) is 12.1 Å². The first-order valence-electron chi connectivity index (χ1n) is 7.05. The minimum absolute atomic E-state index is 0.790. The van der Waals surface area contributed by atoms with Gasteiger partial charge in [-0.2, -0.15) is 0 Å². The summed E-state index contributed by atoms with van der Waals surface area (Å²) in [5.41, 5.74) is 1.83. The van der Waals surface area contributed by atoms with Gasteiger partial charge < -0.3 is 9.73 Å². The van der Waals surface area contributed by atoms with Gasteiger partial charge in [-0.05, 0) is 51.0 Å². The molecule has 102 valence electrons. The van der Waals surface area contributed by atoms with Gasteiger partial charge >= 0.3 is 0 Å². The number of hydrogen-bond donors (Lipinski definition) is 1. The molecular formula is C15H21N3O. The average molecular weight is 259 g/mol. The van der Waals surface area contributed by atoms with Gasteiger partial charge in [0.05, 0.1) is 6.54 Å². The molecule has 1 aromatic carbocycles. The van der Waals surface area contributed by atoms with Crippen LogP contribution in [0.25, 0.3) is 11.1 Å². The zero-order valence-electron chi connectivity index (χ0n) is 11.4. The third-order valence-electron chi connectivity index (χ3n) is 3.77. The fourth-order valence-corrected chi connectivity index (χ4v) is 2.79. The lowest BCUT2D eigenvalue weighted by Gasteiger charge is -2.26. The molecule has 0 atom stereocenters. The van der Waals surface area contributed by atoms with E-state index in [0.717, 1.165) is 49.1 Å². The molecule has 1 N–H and O–H groups in total. The standard InChI is InChI=1S/C15H21N3O/c1-18(10-12-6-8-16-9-7-12)11-15-17-13-4-2-3-5-14(13)19-15/h2-5,12,16H,6-11H2,1H3. The van der Waals surface area contributed by atoms with Crippen LogP contribution in [-0.4, -0.2) is 36.6 Å². The number of rotatable bonds is 4. The van der Waals surface area contributed by atoms with E-state index in [1.807, 2.05) is 24.3 Å². The Bertz CT molecular complexity index is 498. The first-order chi connectivity index (χ1) is 9.31. The molecule has 1 saturated heterocycles. The summed E-state index contributed by atoms with van der Waals surface area (Å²) in [6.07, 6.45) is 2.55. The van der Waals surface area contributed by atoms with Crippen LogP contribution in [0.5, 0.6) is 0 Å². The highest BCUT2D eigenvalue weighted by Crippen LogP contribution is 2.17. The molecule has 0 spiro atoms. The molecule has 0 aliphatic carbocycles. The normalized spacial score (nSPS) is 17.4. The lowest BCUT2D eigenvalue weighted by molar-refractivity contribution is 0.220. The van der Waals surface area contributed by atoms with Crippen LogP contribution >= 0.6 is 0 Å². The summed E-state index contributed by atoms with van der Waals surface area (Å²) in [7, 11) is 2.15. The number of nitrogens with zero attached hydrogens (tertiary/aromatic N) is 2. The highest BCUT2D eigenvalue weighted by atomic mass is 16.3. The molecule has 0 saturated carbocycles. The second-order valence-corrected chi connectivity index (χ2v) is 5.47. The van der Waals surface area contributed by atoms with Gasteiger partial charge in [0.25, 0.3) is 0 Å². The van der Waals surface area contributed by atoms with Gasteiger partial charge in [0.2, 0.25) is 5.89 Å². The monoisotopic (exact) mass is 259 g/mol. The molecule has 0 radical (unpaired) electrons. The Morgan fingerprint density at radius 3 is 2.89 bits per heavy atom. The number of nitrogens with one attached hydrogen (secondary N) is 1. The van der Waals surface area contributed by atoms with Gasteiger partial charge in [0.15, 0.2) is 5.58 Å². The van der Waals surface area contributed by atoms with Crippen LogP contribution in [0.2, 0.25) is 0 Å². The predicted molar refractivity (Wildman–Crippen MR) is 75.9 cm³/mol. The molecule has 0 bridgehead atoms. The quantitative estimate of drug-likeness (QED) is 0.914. The largest absolute Gasteiger partial charge is 0.439 e. The van der Waals surface area contributed by atoms with Crippen molar-refractivity contribution in [3.05, 3.63) is 30.2 Å². The minimum Gasteiger partial charge on any atom is -0.439 e. The van der Waals surface area contributed by atoms with Gasteiger partial charge in [0.1, 0.15) is 5.52 Å². The highest BCUT2D eigenvalue weighted by Gasteiger charge is 2.16. The number of aromatic nitrogens is 1.